The van der Waals surface area contributed by atoms with Crippen molar-refractivity contribution in [2.75, 3.05) is 7.05 Å². The number of likely N-dealkylation sites (N-methyl/N-ethyl adjacent to an activating group) is 1. The van der Waals surface area contributed by atoms with Gasteiger partial charge in [0, 0.05) is 18.9 Å². The van der Waals surface area contributed by atoms with Crippen molar-refractivity contribution in [1.29, 1.82) is 0 Å². The van der Waals surface area contributed by atoms with Gasteiger partial charge in [-0.05, 0) is 25.8 Å². The molecular formula is C12H21NO. The molecule has 0 aromatic carbocycles. The van der Waals surface area contributed by atoms with E-state index in [4.69, 9.17) is 0 Å². The first-order chi connectivity index (χ1) is 6.54. The molecule has 2 nitrogen and oxygen atoms in total. The van der Waals surface area contributed by atoms with Crippen molar-refractivity contribution >= 4 is 5.78 Å². The third-order valence-corrected chi connectivity index (χ3v) is 3.17. The average Bonchev–Trinajstić information content (AvgIpc) is 2.09. The Bertz CT molecular complexity index is 235. The maximum Gasteiger partial charge on any atom is 0.133 e. The van der Waals surface area contributed by atoms with Gasteiger partial charge in [0.1, 0.15) is 5.78 Å². The van der Waals surface area contributed by atoms with Crippen LogP contribution in [0.1, 0.15) is 33.6 Å². The summed E-state index contributed by atoms with van der Waals surface area (Å²) in [6, 6.07) is 0.384. The molecule has 1 aliphatic rings. The molecule has 0 radical (unpaired) electrons. The molecule has 0 aromatic heterocycles. The van der Waals surface area contributed by atoms with Gasteiger partial charge in [-0.1, -0.05) is 25.5 Å². The van der Waals surface area contributed by atoms with E-state index in [0.717, 1.165) is 12.8 Å². The van der Waals surface area contributed by atoms with Gasteiger partial charge >= 0.3 is 0 Å². The molecule has 1 N–H and O–H groups in total. The summed E-state index contributed by atoms with van der Waals surface area (Å²) in [7, 11) is 1.97. The first-order valence-corrected chi connectivity index (χ1v) is 5.42. The zero-order chi connectivity index (χ0) is 10.7. The van der Waals surface area contributed by atoms with Crippen molar-refractivity contribution in [3.05, 3.63) is 11.6 Å². The van der Waals surface area contributed by atoms with Crippen LogP contribution in [0, 0.1) is 11.8 Å². The molecule has 1 unspecified atom stereocenters. The summed E-state index contributed by atoms with van der Waals surface area (Å²) in [5.41, 5.74) is 1.41. The highest BCUT2D eigenvalue weighted by Crippen LogP contribution is 2.28. The monoisotopic (exact) mass is 195 g/mol. The van der Waals surface area contributed by atoms with Crippen molar-refractivity contribution in [3.63, 3.8) is 0 Å². The van der Waals surface area contributed by atoms with E-state index >= 15 is 0 Å². The summed E-state index contributed by atoms with van der Waals surface area (Å²) in [6.07, 6.45) is 3.79. The molecule has 1 saturated carbocycles. The van der Waals surface area contributed by atoms with Crippen molar-refractivity contribution in [1.82, 2.24) is 5.32 Å². The maximum atomic E-state index is 10.9. The fraction of sp³-hybridized carbons (Fsp3) is 0.750. The maximum absolute atomic E-state index is 10.9. The molecule has 0 bridgehead atoms. The van der Waals surface area contributed by atoms with Crippen molar-refractivity contribution in [2.45, 2.75) is 39.7 Å². The zero-order valence-corrected chi connectivity index (χ0v) is 9.63. The van der Waals surface area contributed by atoms with Crippen molar-refractivity contribution in [3.8, 4) is 0 Å². The molecule has 0 heterocycles. The van der Waals surface area contributed by atoms with Crippen molar-refractivity contribution in [2.24, 2.45) is 11.8 Å². The molecule has 1 rings (SSSR count). The molecule has 1 atom stereocenters. The molecule has 14 heavy (non-hydrogen) atoms. The van der Waals surface area contributed by atoms with E-state index in [1.54, 1.807) is 0 Å². The first kappa shape index (κ1) is 11.4. The highest BCUT2D eigenvalue weighted by atomic mass is 16.1. The Hall–Kier alpha value is -0.630. The quantitative estimate of drug-likeness (QED) is 0.696. The Kier molecular flexibility index (Phi) is 3.87. The van der Waals surface area contributed by atoms with Crippen LogP contribution in [0.15, 0.2) is 11.6 Å². The van der Waals surface area contributed by atoms with Crippen LogP contribution in [-0.2, 0) is 4.79 Å². The fourth-order valence-corrected chi connectivity index (χ4v) is 1.71. The second-order valence-corrected chi connectivity index (χ2v) is 4.59. The number of nitrogens with one attached hydrogen (secondary N) is 1. The summed E-state index contributed by atoms with van der Waals surface area (Å²) >= 11 is 0. The number of rotatable bonds is 4. The summed E-state index contributed by atoms with van der Waals surface area (Å²) in [6.45, 7) is 6.56. The lowest BCUT2D eigenvalue weighted by atomic mass is 9.77. The van der Waals surface area contributed by atoms with Gasteiger partial charge in [0.05, 0.1) is 0 Å². The zero-order valence-electron chi connectivity index (χ0n) is 9.63. The summed E-state index contributed by atoms with van der Waals surface area (Å²) in [4.78, 5) is 10.9. The molecule has 1 aliphatic carbocycles. The lowest BCUT2D eigenvalue weighted by Crippen LogP contribution is -2.40. The molecule has 0 saturated heterocycles. The SMILES string of the molecule is CNC(/C=C(/C)C(C)C)C1CC(=O)C1. The van der Waals surface area contributed by atoms with Crippen LogP contribution in [0.5, 0.6) is 0 Å². The third kappa shape index (κ3) is 2.68. The summed E-state index contributed by atoms with van der Waals surface area (Å²) in [5, 5.41) is 3.28. The van der Waals surface area contributed by atoms with Crippen LogP contribution in [0.3, 0.4) is 0 Å². The lowest BCUT2D eigenvalue weighted by molar-refractivity contribution is -0.127. The summed E-state index contributed by atoms with van der Waals surface area (Å²) in [5.74, 6) is 1.54. The van der Waals surface area contributed by atoms with E-state index < -0.39 is 0 Å². The van der Waals surface area contributed by atoms with E-state index in [1.165, 1.54) is 5.57 Å². The van der Waals surface area contributed by atoms with Gasteiger partial charge in [0.2, 0.25) is 0 Å². The Labute approximate surface area is 86.8 Å². The minimum absolute atomic E-state index is 0.384. The average molecular weight is 195 g/mol. The molecule has 80 valence electrons. The molecule has 0 aromatic rings. The lowest BCUT2D eigenvalue weighted by Gasteiger charge is -2.31. The van der Waals surface area contributed by atoms with Gasteiger partial charge in [-0.15, -0.1) is 0 Å². The molecular weight excluding hydrogens is 174 g/mol. The largest absolute Gasteiger partial charge is 0.313 e. The standard InChI is InChI=1S/C12H21NO/c1-8(2)9(3)5-12(13-4)10-6-11(14)7-10/h5,8,10,12-13H,6-7H2,1-4H3/b9-5-. The highest BCUT2D eigenvalue weighted by molar-refractivity contribution is 5.84. The van der Waals surface area contributed by atoms with E-state index in [-0.39, 0.29) is 0 Å². The van der Waals surface area contributed by atoms with Crippen LogP contribution < -0.4 is 5.32 Å². The minimum atomic E-state index is 0.384. The van der Waals surface area contributed by atoms with E-state index in [2.05, 4.69) is 32.2 Å². The number of carbonyl (C=O) groups is 1. The van der Waals surface area contributed by atoms with Crippen LogP contribution in [0.25, 0.3) is 0 Å². The van der Waals surface area contributed by atoms with Crippen LogP contribution >= 0.6 is 0 Å². The third-order valence-electron chi connectivity index (χ3n) is 3.17. The molecule has 0 amide bonds. The topological polar surface area (TPSA) is 29.1 Å². The molecule has 0 aliphatic heterocycles. The van der Waals surface area contributed by atoms with Crippen LogP contribution in [0.4, 0.5) is 0 Å². The number of ketones is 1. The van der Waals surface area contributed by atoms with Gasteiger partial charge in [0.25, 0.3) is 0 Å². The number of hydrogen-bond donors (Lipinski definition) is 1. The Morgan fingerprint density at radius 1 is 1.50 bits per heavy atom. The Morgan fingerprint density at radius 2 is 2.07 bits per heavy atom. The van der Waals surface area contributed by atoms with Gasteiger partial charge in [-0.3, -0.25) is 4.79 Å². The minimum Gasteiger partial charge on any atom is -0.313 e. The second-order valence-electron chi connectivity index (χ2n) is 4.59. The number of allylic oxidation sites excluding steroid dienone is 1. The molecule has 1 fully saturated rings. The molecule has 2 heteroatoms. The van der Waals surface area contributed by atoms with Gasteiger partial charge in [-0.2, -0.15) is 0 Å². The molecule has 0 spiro atoms. The highest BCUT2D eigenvalue weighted by Gasteiger charge is 2.31. The predicted octanol–water partition coefficient (Wildman–Crippen LogP) is 2.16. The van der Waals surface area contributed by atoms with Crippen molar-refractivity contribution < 1.29 is 4.79 Å². The van der Waals surface area contributed by atoms with E-state index in [0.29, 0.717) is 23.7 Å². The van der Waals surface area contributed by atoms with Gasteiger partial charge < -0.3 is 5.32 Å². The number of hydrogen-bond acceptors (Lipinski definition) is 2. The second kappa shape index (κ2) is 4.74. The van der Waals surface area contributed by atoms with E-state index in [9.17, 15) is 4.79 Å². The predicted molar refractivity (Wildman–Crippen MR) is 59.2 cm³/mol. The summed E-state index contributed by atoms with van der Waals surface area (Å²) < 4.78 is 0. The van der Waals surface area contributed by atoms with Crippen LogP contribution in [-0.4, -0.2) is 18.9 Å². The normalized spacial score (nSPS) is 21.2. The smallest absolute Gasteiger partial charge is 0.133 e. The number of carbonyl (C=O) groups excluding carboxylic acids is 1. The van der Waals surface area contributed by atoms with Gasteiger partial charge in [-0.25, -0.2) is 0 Å². The Balaban J connectivity index is 2.54. The van der Waals surface area contributed by atoms with E-state index in [1.807, 2.05) is 7.05 Å². The first-order valence-electron chi connectivity index (χ1n) is 5.42. The van der Waals surface area contributed by atoms with Crippen LogP contribution in [0.2, 0.25) is 0 Å². The fourth-order valence-electron chi connectivity index (χ4n) is 1.71. The van der Waals surface area contributed by atoms with Gasteiger partial charge in [0.15, 0.2) is 0 Å². The Morgan fingerprint density at radius 3 is 2.43 bits per heavy atom. The number of Topliss-reactive ketones (excluding diaryl/α,β-unsaturated/α-hetero) is 1.